The lowest BCUT2D eigenvalue weighted by Crippen LogP contribution is -2.20. The monoisotopic (exact) mass is 284 g/mol. The van der Waals surface area contributed by atoms with Crippen molar-refractivity contribution in [1.82, 2.24) is 14.5 Å². The standard InChI is InChI=1S/C16H20N4O/c1-2-5-14-18-8-9-20(14)16-12(15(17)21)10-11-6-3-4-7-13(11)19-16/h8-10H,2-7H2,1H3,(H2,17,21). The Balaban J connectivity index is 2.15. The summed E-state index contributed by atoms with van der Waals surface area (Å²) < 4.78 is 1.90. The maximum atomic E-state index is 11.8. The number of hydrogen-bond donors (Lipinski definition) is 1. The number of pyridine rings is 1. The number of aromatic nitrogens is 3. The lowest BCUT2D eigenvalue weighted by atomic mass is 9.94. The number of nitrogens with two attached hydrogens (primary N) is 1. The molecule has 0 atom stereocenters. The predicted molar refractivity (Wildman–Crippen MR) is 80.5 cm³/mol. The fourth-order valence-electron chi connectivity index (χ4n) is 2.92. The van der Waals surface area contributed by atoms with Gasteiger partial charge in [0.1, 0.15) is 5.82 Å². The van der Waals surface area contributed by atoms with Crippen LogP contribution in [0.25, 0.3) is 5.82 Å². The van der Waals surface area contributed by atoms with Crippen molar-refractivity contribution in [1.29, 1.82) is 0 Å². The number of carbonyl (C=O) groups is 1. The van der Waals surface area contributed by atoms with Crippen molar-refractivity contribution in [2.45, 2.75) is 45.4 Å². The summed E-state index contributed by atoms with van der Waals surface area (Å²) in [6, 6.07) is 1.93. The molecule has 5 heteroatoms. The quantitative estimate of drug-likeness (QED) is 0.935. The van der Waals surface area contributed by atoms with E-state index in [1.807, 2.05) is 16.8 Å². The van der Waals surface area contributed by atoms with E-state index in [-0.39, 0.29) is 0 Å². The molecule has 0 saturated carbocycles. The smallest absolute Gasteiger partial charge is 0.252 e. The molecule has 1 aliphatic rings. The van der Waals surface area contributed by atoms with Gasteiger partial charge in [0, 0.05) is 24.5 Å². The highest BCUT2D eigenvalue weighted by Gasteiger charge is 2.20. The molecule has 2 heterocycles. The molecule has 0 aliphatic heterocycles. The minimum atomic E-state index is -0.429. The van der Waals surface area contributed by atoms with Crippen LogP contribution in [0.3, 0.4) is 0 Å². The molecule has 21 heavy (non-hydrogen) atoms. The second-order valence-corrected chi connectivity index (χ2v) is 5.50. The highest BCUT2D eigenvalue weighted by Crippen LogP contribution is 2.24. The van der Waals surface area contributed by atoms with Crippen LogP contribution in [0.5, 0.6) is 0 Å². The van der Waals surface area contributed by atoms with Crippen molar-refractivity contribution in [2.24, 2.45) is 5.73 Å². The SMILES string of the molecule is CCCc1nccn1-c1nc2c(cc1C(N)=O)CCCC2. The molecule has 0 saturated heterocycles. The Morgan fingerprint density at radius 3 is 2.95 bits per heavy atom. The van der Waals surface area contributed by atoms with Crippen molar-refractivity contribution >= 4 is 5.91 Å². The molecule has 2 aromatic heterocycles. The first-order chi connectivity index (χ1) is 10.2. The number of aryl methyl sites for hydroxylation is 3. The largest absolute Gasteiger partial charge is 0.365 e. The topological polar surface area (TPSA) is 73.8 Å². The van der Waals surface area contributed by atoms with E-state index in [1.54, 1.807) is 6.20 Å². The average molecular weight is 284 g/mol. The molecule has 2 aromatic rings. The Morgan fingerprint density at radius 1 is 1.38 bits per heavy atom. The number of hydrogen-bond acceptors (Lipinski definition) is 3. The van der Waals surface area contributed by atoms with Crippen molar-refractivity contribution in [3.8, 4) is 5.82 Å². The summed E-state index contributed by atoms with van der Waals surface area (Å²) in [7, 11) is 0. The molecular formula is C16H20N4O. The molecule has 0 spiro atoms. The van der Waals surface area contributed by atoms with Crippen LogP contribution in [-0.2, 0) is 19.3 Å². The minimum Gasteiger partial charge on any atom is -0.365 e. The van der Waals surface area contributed by atoms with Gasteiger partial charge in [0.15, 0.2) is 5.82 Å². The zero-order valence-corrected chi connectivity index (χ0v) is 12.3. The van der Waals surface area contributed by atoms with Crippen LogP contribution in [0.15, 0.2) is 18.5 Å². The molecule has 110 valence electrons. The summed E-state index contributed by atoms with van der Waals surface area (Å²) in [5.74, 6) is 1.12. The fraction of sp³-hybridized carbons (Fsp3) is 0.438. The third kappa shape index (κ3) is 2.55. The van der Waals surface area contributed by atoms with E-state index in [1.165, 1.54) is 0 Å². The van der Waals surface area contributed by atoms with Crippen LogP contribution in [0.4, 0.5) is 0 Å². The summed E-state index contributed by atoms with van der Waals surface area (Å²) in [6.07, 6.45) is 9.71. The van der Waals surface area contributed by atoms with Crippen molar-refractivity contribution in [3.63, 3.8) is 0 Å². The Labute approximate surface area is 124 Å². The molecule has 0 aromatic carbocycles. The number of amides is 1. The van der Waals surface area contributed by atoms with E-state index in [2.05, 4.69) is 11.9 Å². The second kappa shape index (κ2) is 5.68. The highest BCUT2D eigenvalue weighted by atomic mass is 16.1. The normalized spacial score (nSPS) is 14.0. The van der Waals surface area contributed by atoms with Gasteiger partial charge >= 0.3 is 0 Å². The van der Waals surface area contributed by atoms with E-state index in [9.17, 15) is 4.79 Å². The van der Waals surface area contributed by atoms with E-state index >= 15 is 0 Å². The number of imidazole rings is 1. The van der Waals surface area contributed by atoms with Crippen molar-refractivity contribution < 1.29 is 4.79 Å². The van der Waals surface area contributed by atoms with Crippen LogP contribution in [0.1, 0.15) is 53.6 Å². The van der Waals surface area contributed by atoms with Crippen LogP contribution in [-0.4, -0.2) is 20.4 Å². The molecule has 1 aliphatic carbocycles. The van der Waals surface area contributed by atoms with E-state index in [4.69, 9.17) is 10.7 Å². The second-order valence-electron chi connectivity index (χ2n) is 5.50. The number of fused-ring (bicyclic) bond motifs is 1. The Morgan fingerprint density at radius 2 is 2.19 bits per heavy atom. The van der Waals surface area contributed by atoms with E-state index in [0.29, 0.717) is 11.4 Å². The molecule has 0 unspecified atom stereocenters. The van der Waals surface area contributed by atoms with Crippen molar-refractivity contribution in [3.05, 3.63) is 41.1 Å². The predicted octanol–water partition coefficient (Wildman–Crippen LogP) is 2.20. The summed E-state index contributed by atoms with van der Waals surface area (Å²) in [4.78, 5) is 20.9. The van der Waals surface area contributed by atoms with Gasteiger partial charge in [-0.3, -0.25) is 9.36 Å². The van der Waals surface area contributed by atoms with E-state index in [0.717, 1.165) is 55.6 Å². The average Bonchev–Trinajstić information content (AvgIpc) is 2.94. The molecule has 1 amide bonds. The number of nitrogens with zero attached hydrogens (tertiary/aromatic N) is 3. The Hall–Kier alpha value is -2.17. The van der Waals surface area contributed by atoms with Gasteiger partial charge < -0.3 is 5.73 Å². The minimum absolute atomic E-state index is 0.429. The van der Waals surface area contributed by atoms with Gasteiger partial charge in [-0.15, -0.1) is 0 Å². The third-order valence-corrected chi connectivity index (χ3v) is 3.97. The Bertz CT molecular complexity index is 675. The third-order valence-electron chi connectivity index (χ3n) is 3.97. The van der Waals surface area contributed by atoms with Crippen LogP contribution in [0, 0.1) is 0 Å². The van der Waals surface area contributed by atoms with Gasteiger partial charge in [0.05, 0.1) is 5.56 Å². The van der Waals surface area contributed by atoms with Gasteiger partial charge in [0.25, 0.3) is 5.91 Å². The first-order valence-corrected chi connectivity index (χ1v) is 7.56. The van der Waals surface area contributed by atoms with Crippen molar-refractivity contribution in [2.75, 3.05) is 0 Å². The maximum absolute atomic E-state index is 11.8. The molecule has 0 radical (unpaired) electrons. The molecule has 0 bridgehead atoms. The van der Waals surface area contributed by atoms with Gasteiger partial charge in [-0.25, -0.2) is 9.97 Å². The fourth-order valence-corrected chi connectivity index (χ4v) is 2.92. The van der Waals surface area contributed by atoms with Crippen LogP contribution >= 0.6 is 0 Å². The lowest BCUT2D eigenvalue weighted by molar-refractivity contribution is 0.1000. The number of rotatable bonds is 4. The molecule has 2 N–H and O–H groups in total. The van der Waals surface area contributed by atoms with Gasteiger partial charge in [-0.2, -0.15) is 0 Å². The number of primary amides is 1. The highest BCUT2D eigenvalue weighted by molar-refractivity contribution is 5.96. The summed E-state index contributed by atoms with van der Waals surface area (Å²) >= 11 is 0. The van der Waals surface area contributed by atoms with Gasteiger partial charge in [-0.1, -0.05) is 6.92 Å². The van der Waals surface area contributed by atoms with Crippen LogP contribution in [0.2, 0.25) is 0 Å². The summed E-state index contributed by atoms with van der Waals surface area (Å²) in [5, 5.41) is 0. The van der Waals surface area contributed by atoms with Gasteiger partial charge in [-0.05, 0) is 43.7 Å². The number of carbonyl (C=O) groups excluding carboxylic acids is 1. The molecule has 5 nitrogen and oxygen atoms in total. The summed E-state index contributed by atoms with van der Waals surface area (Å²) in [6.45, 7) is 2.11. The first kappa shape index (κ1) is 13.8. The first-order valence-electron chi connectivity index (χ1n) is 7.56. The van der Waals surface area contributed by atoms with E-state index < -0.39 is 5.91 Å². The lowest BCUT2D eigenvalue weighted by Gasteiger charge is -2.18. The molecular weight excluding hydrogens is 264 g/mol. The molecule has 0 fully saturated rings. The van der Waals surface area contributed by atoms with Crippen LogP contribution < -0.4 is 5.73 Å². The maximum Gasteiger partial charge on any atom is 0.252 e. The molecule has 3 rings (SSSR count). The Kier molecular flexibility index (Phi) is 3.73. The summed E-state index contributed by atoms with van der Waals surface area (Å²) in [5.41, 5.74) is 8.31. The zero-order chi connectivity index (χ0) is 14.8. The van der Waals surface area contributed by atoms with Gasteiger partial charge in [0.2, 0.25) is 0 Å². The zero-order valence-electron chi connectivity index (χ0n) is 12.3.